The van der Waals surface area contributed by atoms with Crippen molar-refractivity contribution in [3.8, 4) is 0 Å². The first-order chi connectivity index (χ1) is 18.2. The molecule has 7 nitrogen and oxygen atoms in total. The Kier molecular flexibility index (Phi) is 6.87. The van der Waals surface area contributed by atoms with Crippen LogP contribution in [0.25, 0.3) is 10.9 Å². The Morgan fingerprint density at radius 2 is 1.76 bits per heavy atom. The number of H-pyrrole nitrogens is 1. The largest absolute Gasteiger partial charge is 0.321 e. The zero-order chi connectivity index (χ0) is 25.2. The average molecular weight is 497 g/mol. The van der Waals surface area contributed by atoms with Crippen LogP contribution < -0.4 is 5.56 Å². The number of aromatic amines is 1. The van der Waals surface area contributed by atoms with Crippen molar-refractivity contribution in [2.45, 2.75) is 70.4 Å². The van der Waals surface area contributed by atoms with E-state index in [1.165, 1.54) is 24.8 Å². The molecule has 6 rings (SSSR count). The fourth-order valence-corrected chi connectivity index (χ4v) is 6.43. The highest BCUT2D eigenvalue weighted by atomic mass is 16.1. The Morgan fingerprint density at radius 3 is 2.54 bits per heavy atom. The minimum atomic E-state index is -0.261. The van der Waals surface area contributed by atoms with Crippen LogP contribution in [0, 0.1) is 12.8 Å². The lowest BCUT2D eigenvalue weighted by molar-refractivity contribution is 0.140. The Balaban J connectivity index is 1.35. The van der Waals surface area contributed by atoms with Gasteiger partial charge in [0.05, 0.1) is 11.6 Å². The molecule has 7 heteroatoms. The first-order valence-electron chi connectivity index (χ1n) is 13.9. The van der Waals surface area contributed by atoms with E-state index in [-0.39, 0.29) is 11.6 Å². The van der Waals surface area contributed by atoms with Crippen LogP contribution in [0.2, 0.25) is 0 Å². The predicted octanol–water partition coefficient (Wildman–Crippen LogP) is 5.37. The highest BCUT2D eigenvalue weighted by Gasteiger charge is 2.34. The summed E-state index contributed by atoms with van der Waals surface area (Å²) in [6.45, 7) is 3.88. The molecule has 3 heterocycles. The van der Waals surface area contributed by atoms with Gasteiger partial charge in [-0.05, 0) is 91.0 Å². The summed E-state index contributed by atoms with van der Waals surface area (Å²) in [5.41, 5.74) is 4.08. The van der Waals surface area contributed by atoms with Crippen LogP contribution >= 0.6 is 0 Å². The number of tetrazole rings is 1. The summed E-state index contributed by atoms with van der Waals surface area (Å²) < 4.78 is 2.04. The first kappa shape index (κ1) is 24.0. The lowest BCUT2D eigenvalue weighted by Crippen LogP contribution is -2.41. The summed E-state index contributed by atoms with van der Waals surface area (Å²) in [5.74, 6) is 1.46. The lowest BCUT2D eigenvalue weighted by atomic mass is 9.88. The quantitative estimate of drug-likeness (QED) is 0.388. The molecule has 1 aliphatic heterocycles. The molecule has 2 aliphatic rings. The standard InChI is InChI=1S/C30H36N6O/c1-21-9-8-12-24-20-26(30(37)31-27(21)24)28(29-32-33-34-36(29)25-13-6-3-7-14-25)35-17-15-23(16-18-35)19-22-10-4-2-5-11-22/h2,4-5,8-12,20,23,25,28H,3,6-7,13-19H2,1H3,(H,31,37)/t28-/m1/s1. The number of hydrogen-bond donors (Lipinski definition) is 1. The number of piperidine rings is 1. The zero-order valence-corrected chi connectivity index (χ0v) is 21.6. The Labute approximate surface area is 217 Å². The highest BCUT2D eigenvalue weighted by molar-refractivity contribution is 5.82. The van der Waals surface area contributed by atoms with Gasteiger partial charge in [-0.15, -0.1) is 5.10 Å². The lowest BCUT2D eigenvalue weighted by Gasteiger charge is -2.37. The number of rotatable bonds is 6. The van der Waals surface area contributed by atoms with E-state index in [4.69, 9.17) is 0 Å². The third-order valence-corrected chi connectivity index (χ3v) is 8.48. The van der Waals surface area contributed by atoms with Crippen LogP contribution in [-0.4, -0.2) is 43.2 Å². The zero-order valence-electron chi connectivity index (χ0n) is 21.6. The topological polar surface area (TPSA) is 79.7 Å². The molecule has 2 aromatic heterocycles. The molecule has 1 saturated carbocycles. The molecule has 4 aromatic rings. The summed E-state index contributed by atoms with van der Waals surface area (Å²) in [5, 5.41) is 14.2. The molecule has 37 heavy (non-hydrogen) atoms. The van der Waals surface area contributed by atoms with Gasteiger partial charge >= 0.3 is 0 Å². The molecule has 0 unspecified atom stereocenters. The molecule has 1 aliphatic carbocycles. The van der Waals surface area contributed by atoms with Crippen molar-refractivity contribution in [1.82, 2.24) is 30.1 Å². The van der Waals surface area contributed by atoms with E-state index in [1.54, 1.807) is 0 Å². The van der Waals surface area contributed by atoms with Gasteiger partial charge in [0.1, 0.15) is 6.04 Å². The summed E-state index contributed by atoms with van der Waals surface area (Å²) in [4.78, 5) is 19.2. The van der Waals surface area contributed by atoms with Crippen LogP contribution in [0.3, 0.4) is 0 Å². The first-order valence-corrected chi connectivity index (χ1v) is 13.9. The monoisotopic (exact) mass is 496 g/mol. The van der Waals surface area contributed by atoms with E-state index in [1.807, 2.05) is 17.7 Å². The number of fused-ring (bicyclic) bond motifs is 1. The van der Waals surface area contributed by atoms with E-state index in [2.05, 4.69) is 73.9 Å². The van der Waals surface area contributed by atoms with Gasteiger partial charge in [0.25, 0.3) is 5.56 Å². The Bertz CT molecular complexity index is 1400. The maximum absolute atomic E-state index is 13.6. The van der Waals surface area contributed by atoms with Gasteiger partial charge in [0.2, 0.25) is 0 Å². The number of nitrogens with one attached hydrogen (secondary N) is 1. The second-order valence-corrected chi connectivity index (χ2v) is 10.9. The van der Waals surface area contributed by atoms with Crippen molar-refractivity contribution in [3.05, 3.63) is 87.5 Å². The fourth-order valence-electron chi connectivity index (χ4n) is 6.43. The third kappa shape index (κ3) is 4.97. The number of aromatic nitrogens is 5. The third-order valence-electron chi connectivity index (χ3n) is 8.48. The molecule has 1 N–H and O–H groups in total. The Morgan fingerprint density at radius 1 is 0.973 bits per heavy atom. The van der Waals surface area contributed by atoms with Gasteiger partial charge in [-0.25, -0.2) is 4.68 Å². The van der Waals surface area contributed by atoms with Crippen LogP contribution in [-0.2, 0) is 6.42 Å². The smallest absolute Gasteiger partial charge is 0.253 e. The molecule has 1 saturated heterocycles. The molecular formula is C30H36N6O. The molecule has 0 spiro atoms. The molecule has 2 fully saturated rings. The maximum atomic E-state index is 13.6. The number of likely N-dealkylation sites (tertiary alicyclic amines) is 1. The predicted molar refractivity (Wildman–Crippen MR) is 146 cm³/mol. The van der Waals surface area contributed by atoms with Crippen LogP contribution in [0.15, 0.2) is 59.4 Å². The minimum absolute atomic E-state index is 0.0450. The van der Waals surface area contributed by atoms with Crippen LogP contribution in [0.1, 0.15) is 79.5 Å². The van der Waals surface area contributed by atoms with Crippen LogP contribution in [0.4, 0.5) is 0 Å². The summed E-state index contributed by atoms with van der Waals surface area (Å²) in [7, 11) is 0. The summed E-state index contributed by atoms with van der Waals surface area (Å²) in [6.07, 6.45) is 9.17. The SMILES string of the molecule is Cc1cccc2cc([C@H](c3nnnn3C3CCCCC3)N3CCC(Cc4ccccc4)CC3)c(=O)[nH]c12. The van der Waals surface area contributed by atoms with Crippen molar-refractivity contribution in [2.24, 2.45) is 5.92 Å². The molecule has 0 bridgehead atoms. The van der Waals surface area contributed by atoms with Gasteiger partial charge in [-0.1, -0.05) is 67.8 Å². The maximum Gasteiger partial charge on any atom is 0.253 e. The number of aryl methyl sites for hydroxylation is 1. The number of para-hydroxylation sites is 1. The van der Waals surface area contributed by atoms with Gasteiger partial charge in [-0.3, -0.25) is 9.69 Å². The number of benzene rings is 2. The fraction of sp³-hybridized carbons (Fsp3) is 0.467. The number of hydrogen-bond acceptors (Lipinski definition) is 5. The van der Waals surface area contributed by atoms with E-state index in [9.17, 15) is 4.79 Å². The van der Waals surface area contributed by atoms with Crippen molar-refractivity contribution in [2.75, 3.05) is 13.1 Å². The van der Waals surface area contributed by atoms with Crippen LogP contribution in [0.5, 0.6) is 0 Å². The average Bonchev–Trinajstić information content (AvgIpc) is 3.41. The molecular weight excluding hydrogens is 460 g/mol. The second-order valence-electron chi connectivity index (χ2n) is 10.9. The normalized spacial score (nSPS) is 18.8. The molecule has 0 radical (unpaired) electrons. The van der Waals surface area contributed by atoms with E-state index in [0.29, 0.717) is 12.0 Å². The minimum Gasteiger partial charge on any atom is -0.321 e. The molecule has 1 atom stereocenters. The number of pyridine rings is 1. The van der Waals surface area contributed by atoms with E-state index in [0.717, 1.165) is 73.0 Å². The van der Waals surface area contributed by atoms with Gasteiger partial charge in [0, 0.05) is 5.56 Å². The van der Waals surface area contributed by atoms with Crippen molar-refractivity contribution < 1.29 is 0 Å². The molecule has 192 valence electrons. The second kappa shape index (κ2) is 10.6. The van der Waals surface area contributed by atoms with Crippen molar-refractivity contribution in [1.29, 1.82) is 0 Å². The summed E-state index contributed by atoms with van der Waals surface area (Å²) >= 11 is 0. The van der Waals surface area contributed by atoms with Crippen molar-refractivity contribution in [3.63, 3.8) is 0 Å². The van der Waals surface area contributed by atoms with Crippen molar-refractivity contribution >= 4 is 10.9 Å². The van der Waals surface area contributed by atoms with Gasteiger partial charge < -0.3 is 4.98 Å². The highest BCUT2D eigenvalue weighted by Crippen LogP contribution is 2.35. The number of nitrogens with zero attached hydrogens (tertiary/aromatic N) is 5. The molecule has 0 amide bonds. The summed E-state index contributed by atoms with van der Waals surface area (Å²) in [6, 6.07) is 19.1. The van der Waals surface area contributed by atoms with E-state index < -0.39 is 0 Å². The van der Waals surface area contributed by atoms with Gasteiger partial charge in [-0.2, -0.15) is 0 Å². The Hall–Kier alpha value is -3.32. The molecule has 2 aromatic carbocycles. The van der Waals surface area contributed by atoms with E-state index >= 15 is 0 Å². The van der Waals surface area contributed by atoms with Gasteiger partial charge in [0.15, 0.2) is 5.82 Å².